The van der Waals surface area contributed by atoms with Gasteiger partial charge in [-0.25, -0.2) is 4.98 Å². The molecule has 0 saturated heterocycles. The van der Waals surface area contributed by atoms with Gasteiger partial charge in [-0.2, -0.15) is 9.97 Å². The molecule has 0 atom stereocenters. The molecule has 0 spiro atoms. The highest BCUT2D eigenvalue weighted by Crippen LogP contribution is 2.22. The lowest BCUT2D eigenvalue weighted by Gasteiger charge is -2.07. The van der Waals surface area contributed by atoms with Gasteiger partial charge in [0.1, 0.15) is 0 Å². The molecule has 1 aromatic heterocycles. The summed E-state index contributed by atoms with van der Waals surface area (Å²) >= 11 is 0. The predicted octanol–water partition coefficient (Wildman–Crippen LogP) is 3.60. The minimum atomic E-state index is 0.352. The van der Waals surface area contributed by atoms with E-state index >= 15 is 0 Å². The van der Waals surface area contributed by atoms with Crippen molar-refractivity contribution in [3.63, 3.8) is 0 Å². The van der Waals surface area contributed by atoms with Crippen LogP contribution in [0.25, 0.3) is 22.8 Å². The summed E-state index contributed by atoms with van der Waals surface area (Å²) in [5.74, 6) is 1.24. The Morgan fingerprint density at radius 1 is 0.714 bits per heavy atom. The van der Waals surface area contributed by atoms with Crippen LogP contribution in [0.3, 0.4) is 0 Å². The Kier molecular flexibility index (Phi) is 3.87. The summed E-state index contributed by atoms with van der Waals surface area (Å²) in [5, 5.41) is 0. The van der Waals surface area contributed by atoms with Crippen molar-refractivity contribution in [1.29, 1.82) is 0 Å². The minimum absolute atomic E-state index is 0.352. The third-order valence-electron chi connectivity index (χ3n) is 2.95. The first kappa shape index (κ1) is 13.2. The summed E-state index contributed by atoms with van der Waals surface area (Å²) in [6.07, 6.45) is 0. The maximum Gasteiger partial charge on any atom is 0.320 e. The molecule has 4 heteroatoms. The van der Waals surface area contributed by atoms with Crippen LogP contribution in [0.2, 0.25) is 0 Å². The van der Waals surface area contributed by atoms with Crippen molar-refractivity contribution in [2.45, 2.75) is 6.92 Å². The summed E-state index contributed by atoms with van der Waals surface area (Å²) in [5.41, 5.74) is 1.89. The number of hydrogen-bond donors (Lipinski definition) is 0. The smallest absolute Gasteiger partial charge is 0.320 e. The van der Waals surface area contributed by atoms with Crippen LogP contribution in [-0.2, 0) is 0 Å². The van der Waals surface area contributed by atoms with Crippen LogP contribution in [0.1, 0.15) is 6.92 Å². The molecule has 0 aliphatic carbocycles. The molecular weight excluding hydrogens is 262 g/mol. The van der Waals surface area contributed by atoms with Crippen LogP contribution >= 0.6 is 0 Å². The molecule has 0 aliphatic rings. The Bertz CT molecular complexity index is 657. The Labute approximate surface area is 123 Å². The summed E-state index contributed by atoms with van der Waals surface area (Å²) in [6.45, 7) is 2.43. The number of nitrogens with zero attached hydrogens (tertiary/aromatic N) is 3. The van der Waals surface area contributed by atoms with Crippen LogP contribution in [0, 0.1) is 0 Å². The number of rotatable bonds is 4. The highest BCUT2D eigenvalue weighted by Gasteiger charge is 2.10. The zero-order valence-electron chi connectivity index (χ0n) is 11.7. The maximum atomic E-state index is 5.47. The van der Waals surface area contributed by atoms with Crippen molar-refractivity contribution < 1.29 is 4.74 Å². The molecule has 0 unspecified atom stereocenters. The van der Waals surface area contributed by atoms with Crippen LogP contribution in [0.15, 0.2) is 60.7 Å². The fourth-order valence-electron chi connectivity index (χ4n) is 1.98. The molecule has 0 amide bonds. The second kappa shape index (κ2) is 6.13. The molecule has 104 valence electrons. The number of hydrogen-bond acceptors (Lipinski definition) is 4. The lowest BCUT2D eigenvalue weighted by molar-refractivity contribution is 0.312. The van der Waals surface area contributed by atoms with Gasteiger partial charge < -0.3 is 4.74 Å². The first-order valence-electron chi connectivity index (χ1n) is 6.86. The Morgan fingerprint density at radius 2 is 1.19 bits per heavy atom. The van der Waals surface area contributed by atoms with Gasteiger partial charge in [0.05, 0.1) is 6.61 Å². The number of ether oxygens (including phenoxy) is 1. The van der Waals surface area contributed by atoms with Crippen molar-refractivity contribution in [2.75, 3.05) is 6.61 Å². The normalized spacial score (nSPS) is 10.3. The van der Waals surface area contributed by atoms with Crippen molar-refractivity contribution in [1.82, 2.24) is 15.0 Å². The topological polar surface area (TPSA) is 47.9 Å². The Morgan fingerprint density at radius 3 is 1.62 bits per heavy atom. The van der Waals surface area contributed by atoms with Gasteiger partial charge in [-0.3, -0.25) is 0 Å². The molecule has 2 aromatic carbocycles. The Hall–Kier alpha value is -2.75. The van der Waals surface area contributed by atoms with Gasteiger partial charge >= 0.3 is 6.01 Å². The molecule has 0 fully saturated rings. The second-order valence-corrected chi connectivity index (χ2v) is 4.43. The average molecular weight is 277 g/mol. The van der Waals surface area contributed by atoms with E-state index in [0.29, 0.717) is 24.3 Å². The van der Waals surface area contributed by atoms with Crippen LogP contribution in [0.4, 0.5) is 0 Å². The molecule has 21 heavy (non-hydrogen) atoms. The molecule has 3 rings (SSSR count). The fraction of sp³-hybridized carbons (Fsp3) is 0.118. The van der Waals surface area contributed by atoms with Gasteiger partial charge in [0.15, 0.2) is 11.6 Å². The maximum absolute atomic E-state index is 5.47. The van der Waals surface area contributed by atoms with Crippen LogP contribution < -0.4 is 4.74 Å². The van der Waals surface area contributed by atoms with E-state index < -0.39 is 0 Å². The molecule has 0 aliphatic heterocycles. The molecule has 4 nitrogen and oxygen atoms in total. The molecule has 3 aromatic rings. The minimum Gasteiger partial charge on any atom is -0.464 e. The highest BCUT2D eigenvalue weighted by molar-refractivity contribution is 5.61. The van der Waals surface area contributed by atoms with E-state index in [0.717, 1.165) is 11.1 Å². The third kappa shape index (κ3) is 3.05. The van der Waals surface area contributed by atoms with Gasteiger partial charge in [0, 0.05) is 11.1 Å². The van der Waals surface area contributed by atoms with E-state index in [1.165, 1.54) is 0 Å². The van der Waals surface area contributed by atoms with Crippen LogP contribution in [0.5, 0.6) is 6.01 Å². The monoisotopic (exact) mass is 277 g/mol. The zero-order valence-corrected chi connectivity index (χ0v) is 11.7. The summed E-state index contributed by atoms with van der Waals surface area (Å²) in [7, 11) is 0. The molecular formula is C17H15N3O. The quantitative estimate of drug-likeness (QED) is 0.731. The fourth-order valence-corrected chi connectivity index (χ4v) is 1.98. The van der Waals surface area contributed by atoms with Gasteiger partial charge in [0.2, 0.25) is 0 Å². The van der Waals surface area contributed by atoms with E-state index in [4.69, 9.17) is 4.74 Å². The first-order valence-corrected chi connectivity index (χ1v) is 6.86. The SMILES string of the molecule is CCOc1nc(-c2ccccc2)nc(-c2ccccc2)n1. The summed E-state index contributed by atoms with van der Waals surface area (Å²) < 4.78 is 5.47. The lowest BCUT2D eigenvalue weighted by Crippen LogP contribution is -2.03. The van der Waals surface area contributed by atoms with Gasteiger partial charge in [-0.15, -0.1) is 0 Å². The van der Waals surface area contributed by atoms with Gasteiger partial charge in [-0.05, 0) is 6.92 Å². The summed E-state index contributed by atoms with van der Waals surface area (Å²) in [4.78, 5) is 13.3. The molecule has 0 saturated carbocycles. The van der Waals surface area contributed by atoms with E-state index in [-0.39, 0.29) is 0 Å². The third-order valence-corrected chi connectivity index (χ3v) is 2.95. The van der Waals surface area contributed by atoms with E-state index in [1.54, 1.807) is 0 Å². The van der Waals surface area contributed by atoms with Crippen molar-refractivity contribution in [3.05, 3.63) is 60.7 Å². The van der Waals surface area contributed by atoms with E-state index in [1.807, 2.05) is 67.6 Å². The number of benzene rings is 2. The molecule has 0 N–H and O–H groups in total. The average Bonchev–Trinajstić information content (AvgIpc) is 2.56. The predicted molar refractivity (Wildman–Crippen MR) is 81.9 cm³/mol. The summed E-state index contributed by atoms with van der Waals surface area (Å²) in [6, 6.07) is 20.0. The van der Waals surface area contributed by atoms with Crippen LogP contribution in [-0.4, -0.2) is 21.6 Å². The number of aromatic nitrogens is 3. The van der Waals surface area contributed by atoms with Gasteiger partial charge in [0.25, 0.3) is 0 Å². The lowest BCUT2D eigenvalue weighted by atomic mass is 10.2. The van der Waals surface area contributed by atoms with Crippen molar-refractivity contribution >= 4 is 0 Å². The van der Waals surface area contributed by atoms with Crippen molar-refractivity contribution in [3.8, 4) is 28.8 Å². The van der Waals surface area contributed by atoms with E-state index in [2.05, 4.69) is 15.0 Å². The Balaban J connectivity index is 2.11. The van der Waals surface area contributed by atoms with Crippen molar-refractivity contribution in [2.24, 2.45) is 0 Å². The highest BCUT2D eigenvalue weighted by atomic mass is 16.5. The standard InChI is InChI=1S/C17H15N3O/c1-2-21-17-19-15(13-9-5-3-6-10-13)18-16(20-17)14-11-7-4-8-12-14/h3-12H,2H2,1H3. The van der Waals surface area contributed by atoms with Gasteiger partial charge in [-0.1, -0.05) is 60.7 Å². The first-order chi connectivity index (χ1) is 10.4. The molecule has 0 bridgehead atoms. The molecule has 1 heterocycles. The largest absolute Gasteiger partial charge is 0.464 e. The second-order valence-electron chi connectivity index (χ2n) is 4.43. The van der Waals surface area contributed by atoms with E-state index in [9.17, 15) is 0 Å². The molecule has 0 radical (unpaired) electrons. The zero-order chi connectivity index (χ0) is 14.5.